The Kier molecular flexibility index (Phi) is 5.61. The number of amides is 2. The van der Waals surface area contributed by atoms with Crippen LogP contribution in [0.3, 0.4) is 0 Å². The summed E-state index contributed by atoms with van der Waals surface area (Å²) in [5.74, 6) is -0.0336. The molecule has 122 valence electrons. The van der Waals surface area contributed by atoms with E-state index in [4.69, 9.17) is 9.47 Å². The number of piperazine rings is 1. The highest BCUT2D eigenvalue weighted by Crippen LogP contribution is 2.12. The van der Waals surface area contributed by atoms with Crippen LogP contribution in [0.1, 0.15) is 41.5 Å². The van der Waals surface area contributed by atoms with Gasteiger partial charge in [-0.05, 0) is 41.5 Å². The van der Waals surface area contributed by atoms with Crippen molar-refractivity contribution >= 4 is 12.0 Å². The molecular formula is C15H28N2O4. The fraction of sp³-hybridized carbons (Fsp3) is 0.867. The molecule has 1 heterocycles. The lowest BCUT2D eigenvalue weighted by molar-refractivity contribution is -0.142. The van der Waals surface area contributed by atoms with Crippen molar-refractivity contribution in [2.24, 2.45) is 0 Å². The molecule has 1 rings (SSSR count). The first-order chi connectivity index (χ1) is 9.48. The minimum absolute atomic E-state index is 0.0336. The second kappa shape index (κ2) is 6.64. The fourth-order valence-corrected chi connectivity index (χ4v) is 1.83. The van der Waals surface area contributed by atoms with Crippen LogP contribution in [0.2, 0.25) is 0 Å². The molecule has 1 fully saturated rings. The molecule has 1 aliphatic heterocycles. The van der Waals surface area contributed by atoms with E-state index in [-0.39, 0.29) is 24.2 Å². The van der Waals surface area contributed by atoms with Crippen LogP contribution in [0.5, 0.6) is 0 Å². The Morgan fingerprint density at radius 2 is 1.33 bits per heavy atom. The molecule has 0 unspecified atom stereocenters. The maximum atomic E-state index is 12.0. The highest BCUT2D eigenvalue weighted by Gasteiger charge is 2.28. The smallest absolute Gasteiger partial charge is 0.410 e. The molecule has 0 aromatic carbocycles. The zero-order chi connectivity index (χ0) is 16.3. The second-order valence-electron chi connectivity index (χ2n) is 7.25. The molecule has 1 aliphatic rings. The molecule has 0 aromatic heterocycles. The summed E-state index contributed by atoms with van der Waals surface area (Å²) in [6, 6.07) is 0. The third kappa shape index (κ3) is 6.80. The maximum Gasteiger partial charge on any atom is 0.410 e. The van der Waals surface area contributed by atoms with Gasteiger partial charge in [-0.25, -0.2) is 4.79 Å². The number of ether oxygens (including phenoxy) is 2. The quantitative estimate of drug-likeness (QED) is 0.781. The van der Waals surface area contributed by atoms with Crippen LogP contribution in [0.15, 0.2) is 0 Å². The summed E-state index contributed by atoms with van der Waals surface area (Å²) in [5, 5.41) is 0. The molecule has 6 heteroatoms. The molecule has 21 heavy (non-hydrogen) atoms. The molecular weight excluding hydrogens is 272 g/mol. The zero-order valence-corrected chi connectivity index (χ0v) is 14.1. The van der Waals surface area contributed by atoms with Crippen molar-refractivity contribution < 1.29 is 19.1 Å². The average molecular weight is 300 g/mol. The Morgan fingerprint density at radius 1 is 0.857 bits per heavy atom. The van der Waals surface area contributed by atoms with Crippen LogP contribution in [0.4, 0.5) is 4.79 Å². The molecule has 0 atom stereocenters. The van der Waals surface area contributed by atoms with Gasteiger partial charge in [-0.15, -0.1) is 0 Å². The van der Waals surface area contributed by atoms with Crippen molar-refractivity contribution in [2.45, 2.75) is 52.7 Å². The van der Waals surface area contributed by atoms with Crippen molar-refractivity contribution in [1.29, 1.82) is 0 Å². The van der Waals surface area contributed by atoms with Crippen LogP contribution in [-0.2, 0) is 14.3 Å². The van der Waals surface area contributed by atoms with E-state index < -0.39 is 5.60 Å². The highest BCUT2D eigenvalue weighted by molar-refractivity contribution is 5.78. The van der Waals surface area contributed by atoms with E-state index in [1.165, 1.54) is 0 Å². The Bertz CT molecular complexity index is 374. The second-order valence-corrected chi connectivity index (χ2v) is 7.25. The van der Waals surface area contributed by atoms with Gasteiger partial charge in [-0.1, -0.05) is 0 Å². The van der Waals surface area contributed by atoms with Gasteiger partial charge in [0, 0.05) is 26.2 Å². The summed E-state index contributed by atoms with van der Waals surface area (Å²) < 4.78 is 10.8. The summed E-state index contributed by atoms with van der Waals surface area (Å²) >= 11 is 0. The molecule has 0 aliphatic carbocycles. The predicted molar refractivity (Wildman–Crippen MR) is 80.1 cm³/mol. The molecule has 0 spiro atoms. The van der Waals surface area contributed by atoms with E-state index in [0.29, 0.717) is 26.2 Å². The van der Waals surface area contributed by atoms with E-state index in [9.17, 15) is 9.59 Å². The summed E-state index contributed by atoms with van der Waals surface area (Å²) in [4.78, 5) is 27.3. The fourth-order valence-electron chi connectivity index (χ4n) is 1.83. The first-order valence-corrected chi connectivity index (χ1v) is 7.37. The number of hydrogen-bond donors (Lipinski definition) is 0. The Balaban J connectivity index is 2.38. The standard InChI is InChI=1S/C15H28N2O4/c1-14(2,3)20-11-12(18)16-7-9-17(10-8-16)13(19)21-15(4,5)6/h7-11H2,1-6H3. The number of rotatable bonds is 2. The third-order valence-electron chi connectivity index (χ3n) is 2.91. The van der Waals surface area contributed by atoms with Crippen LogP contribution >= 0.6 is 0 Å². The van der Waals surface area contributed by atoms with Gasteiger partial charge in [0.05, 0.1) is 5.60 Å². The highest BCUT2D eigenvalue weighted by atomic mass is 16.6. The molecule has 1 saturated heterocycles. The predicted octanol–water partition coefficient (Wildman–Crippen LogP) is 1.88. The summed E-state index contributed by atoms with van der Waals surface area (Å²) in [6.07, 6.45) is -0.319. The number of carbonyl (C=O) groups is 2. The zero-order valence-electron chi connectivity index (χ0n) is 14.1. The topological polar surface area (TPSA) is 59.1 Å². The van der Waals surface area contributed by atoms with E-state index >= 15 is 0 Å². The van der Waals surface area contributed by atoms with Gasteiger partial charge in [-0.2, -0.15) is 0 Å². The van der Waals surface area contributed by atoms with Crippen molar-refractivity contribution in [3.63, 3.8) is 0 Å². The van der Waals surface area contributed by atoms with Crippen molar-refractivity contribution in [2.75, 3.05) is 32.8 Å². The molecule has 2 amide bonds. The largest absolute Gasteiger partial charge is 0.444 e. The third-order valence-corrected chi connectivity index (χ3v) is 2.91. The molecule has 0 radical (unpaired) electrons. The van der Waals surface area contributed by atoms with Crippen LogP contribution < -0.4 is 0 Å². The van der Waals surface area contributed by atoms with Crippen LogP contribution in [0, 0.1) is 0 Å². The average Bonchev–Trinajstić information content (AvgIpc) is 2.33. The van der Waals surface area contributed by atoms with Gasteiger partial charge in [-0.3, -0.25) is 4.79 Å². The van der Waals surface area contributed by atoms with Crippen LogP contribution in [-0.4, -0.2) is 65.8 Å². The van der Waals surface area contributed by atoms with Crippen molar-refractivity contribution in [3.8, 4) is 0 Å². The Hall–Kier alpha value is -1.30. The minimum atomic E-state index is -0.495. The lowest BCUT2D eigenvalue weighted by Gasteiger charge is -2.36. The SMILES string of the molecule is CC(C)(C)OCC(=O)N1CCN(C(=O)OC(C)(C)C)CC1. The van der Waals surface area contributed by atoms with E-state index in [0.717, 1.165) is 0 Å². The molecule has 0 aromatic rings. The Labute approximate surface area is 127 Å². The lowest BCUT2D eigenvalue weighted by atomic mass is 10.2. The summed E-state index contributed by atoms with van der Waals surface area (Å²) in [5.41, 5.74) is -0.821. The lowest BCUT2D eigenvalue weighted by Crippen LogP contribution is -2.52. The monoisotopic (exact) mass is 300 g/mol. The summed E-state index contributed by atoms with van der Waals surface area (Å²) in [6.45, 7) is 13.4. The normalized spacial score (nSPS) is 16.9. The van der Waals surface area contributed by atoms with Crippen molar-refractivity contribution in [1.82, 2.24) is 9.80 Å². The van der Waals surface area contributed by atoms with Gasteiger partial charge >= 0.3 is 6.09 Å². The van der Waals surface area contributed by atoms with E-state index in [2.05, 4.69) is 0 Å². The molecule has 0 saturated carbocycles. The first-order valence-electron chi connectivity index (χ1n) is 7.37. The summed E-state index contributed by atoms with van der Waals surface area (Å²) in [7, 11) is 0. The van der Waals surface area contributed by atoms with Gasteiger partial charge < -0.3 is 19.3 Å². The van der Waals surface area contributed by atoms with Gasteiger partial charge in [0.2, 0.25) is 5.91 Å². The van der Waals surface area contributed by atoms with E-state index in [1.807, 2.05) is 41.5 Å². The molecule has 6 nitrogen and oxygen atoms in total. The Morgan fingerprint density at radius 3 is 1.76 bits per heavy atom. The van der Waals surface area contributed by atoms with Crippen molar-refractivity contribution in [3.05, 3.63) is 0 Å². The van der Waals surface area contributed by atoms with Gasteiger partial charge in [0.25, 0.3) is 0 Å². The van der Waals surface area contributed by atoms with E-state index in [1.54, 1.807) is 9.80 Å². The molecule has 0 bridgehead atoms. The number of hydrogen-bond acceptors (Lipinski definition) is 4. The minimum Gasteiger partial charge on any atom is -0.444 e. The number of carbonyl (C=O) groups excluding carboxylic acids is 2. The van der Waals surface area contributed by atoms with Crippen LogP contribution in [0.25, 0.3) is 0 Å². The number of nitrogens with zero attached hydrogens (tertiary/aromatic N) is 2. The van der Waals surface area contributed by atoms with Gasteiger partial charge in [0.1, 0.15) is 12.2 Å². The first kappa shape index (κ1) is 17.8. The maximum absolute atomic E-state index is 12.0. The molecule has 0 N–H and O–H groups in total. The van der Waals surface area contributed by atoms with Gasteiger partial charge in [0.15, 0.2) is 0 Å².